The van der Waals surface area contributed by atoms with Gasteiger partial charge in [0.25, 0.3) is 0 Å². The number of hydrogen-bond donors (Lipinski definition) is 2. The fourth-order valence-corrected chi connectivity index (χ4v) is 2.65. The third-order valence-corrected chi connectivity index (χ3v) is 4.16. The minimum absolute atomic E-state index is 0.0336. The number of nitrogens with one attached hydrogen (secondary N) is 2. The van der Waals surface area contributed by atoms with Gasteiger partial charge in [-0.25, -0.2) is 19.7 Å². The van der Waals surface area contributed by atoms with Crippen LogP contribution in [0, 0.1) is 0 Å². The van der Waals surface area contributed by atoms with Crippen LogP contribution in [0.15, 0.2) is 36.8 Å². The van der Waals surface area contributed by atoms with Gasteiger partial charge in [-0.1, -0.05) is 0 Å². The highest BCUT2D eigenvalue weighted by molar-refractivity contribution is 5.93. The molecule has 1 aliphatic heterocycles. The molecule has 0 unspecified atom stereocenters. The summed E-state index contributed by atoms with van der Waals surface area (Å²) in [6, 6.07) is 3.18. The Kier molecular flexibility index (Phi) is 6.10. The molecule has 3 heterocycles. The van der Waals surface area contributed by atoms with Crippen molar-refractivity contribution in [1.29, 1.82) is 0 Å². The monoisotopic (exact) mass is 409 g/mol. The second-order valence-corrected chi connectivity index (χ2v) is 6.16. The average molecular weight is 409 g/mol. The SMILES string of the molecule is O=C(CNC(=O)N1CCN(c2ncccn2)CC1)Nc1ccc(C(F)(F)F)cn1. The average Bonchev–Trinajstić information content (AvgIpc) is 2.72. The van der Waals surface area contributed by atoms with Crippen LogP contribution in [-0.4, -0.2) is 64.5 Å². The van der Waals surface area contributed by atoms with Gasteiger partial charge in [-0.05, 0) is 18.2 Å². The van der Waals surface area contributed by atoms with E-state index in [1.165, 1.54) is 0 Å². The number of urea groups is 1. The molecule has 1 aliphatic rings. The zero-order chi connectivity index (χ0) is 20.9. The van der Waals surface area contributed by atoms with Gasteiger partial charge in [-0.3, -0.25) is 4.79 Å². The molecule has 2 aromatic rings. The molecule has 0 saturated carbocycles. The first-order valence-corrected chi connectivity index (χ1v) is 8.71. The van der Waals surface area contributed by atoms with Gasteiger partial charge >= 0.3 is 12.2 Å². The van der Waals surface area contributed by atoms with E-state index >= 15 is 0 Å². The Morgan fingerprint density at radius 3 is 2.31 bits per heavy atom. The van der Waals surface area contributed by atoms with E-state index in [0.717, 1.165) is 12.1 Å². The number of amides is 3. The Bertz CT molecular complexity index is 838. The van der Waals surface area contributed by atoms with Crippen molar-refractivity contribution in [2.75, 3.05) is 42.9 Å². The molecular weight excluding hydrogens is 391 g/mol. The summed E-state index contributed by atoms with van der Waals surface area (Å²) < 4.78 is 37.5. The Balaban J connectivity index is 1.42. The van der Waals surface area contributed by atoms with Crippen molar-refractivity contribution < 1.29 is 22.8 Å². The van der Waals surface area contributed by atoms with Crippen molar-refractivity contribution in [3.05, 3.63) is 42.4 Å². The zero-order valence-electron chi connectivity index (χ0n) is 15.2. The lowest BCUT2D eigenvalue weighted by molar-refractivity contribution is -0.137. The second kappa shape index (κ2) is 8.71. The van der Waals surface area contributed by atoms with Crippen LogP contribution < -0.4 is 15.5 Å². The highest BCUT2D eigenvalue weighted by atomic mass is 19.4. The second-order valence-electron chi connectivity index (χ2n) is 6.16. The summed E-state index contributed by atoms with van der Waals surface area (Å²) in [5, 5.41) is 4.81. The van der Waals surface area contributed by atoms with Crippen molar-refractivity contribution in [1.82, 2.24) is 25.2 Å². The van der Waals surface area contributed by atoms with Crippen LogP contribution in [0.25, 0.3) is 0 Å². The van der Waals surface area contributed by atoms with Crippen molar-refractivity contribution in [3.8, 4) is 0 Å². The molecule has 1 fully saturated rings. The summed E-state index contributed by atoms with van der Waals surface area (Å²) in [6.45, 7) is 1.65. The summed E-state index contributed by atoms with van der Waals surface area (Å²) >= 11 is 0. The summed E-state index contributed by atoms with van der Waals surface area (Å²) in [6.07, 6.45) is -0.582. The smallest absolute Gasteiger partial charge is 0.337 e. The van der Waals surface area contributed by atoms with E-state index in [-0.39, 0.29) is 12.4 Å². The largest absolute Gasteiger partial charge is 0.417 e. The van der Waals surface area contributed by atoms with Crippen LogP contribution in [0.1, 0.15) is 5.56 Å². The number of alkyl halides is 3. The Labute approximate surface area is 164 Å². The lowest BCUT2D eigenvalue weighted by Gasteiger charge is -2.34. The zero-order valence-corrected chi connectivity index (χ0v) is 15.2. The molecule has 2 N–H and O–H groups in total. The van der Waals surface area contributed by atoms with E-state index in [2.05, 4.69) is 25.6 Å². The van der Waals surface area contributed by atoms with Gasteiger partial charge in [-0.15, -0.1) is 0 Å². The summed E-state index contributed by atoms with van der Waals surface area (Å²) in [5.74, 6) is -0.0355. The molecule has 3 amide bonds. The minimum Gasteiger partial charge on any atom is -0.337 e. The molecular formula is C17H18F3N7O2. The molecule has 0 radical (unpaired) electrons. The fraction of sp³-hybridized carbons (Fsp3) is 0.353. The molecule has 0 aliphatic carbocycles. The molecule has 0 aromatic carbocycles. The quantitative estimate of drug-likeness (QED) is 0.791. The lowest BCUT2D eigenvalue weighted by atomic mass is 10.3. The van der Waals surface area contributed by atoms with E-state index < -0.39 is 23.7 Å². The normalized spacial score (nSPS) is 14.4. The van der Waals surface area contributed by atoms with Crippen molar-refractivity contribution in [2.24, 2.45) is 0 Å². The first kappa shape index (κ1) is 20.3. The molecule has 9 nitrogen and oxygen atoms in total. The van der Waals surface area contributed by atoms with E-state index in [9.17, 15) is 22.8 Å². The molecule has 12 heteroatoms. The Morgan fingerprint density at radius 1 is 1.03 bits per heavy atom. The predicted molar refractivity (Wildman–Crippen MR) is 97.1 cm³/mol. The number of nitrogens with zero attached hydrogens (tertiary/aromatic N) is 5. The van der Waals surface area contributed by atoms with Gasteiger partial charge in [0.2, 0.25) is 11.9 Å². The summed E-state index contributed by atoms with van der Waals surface area (Å²) in [4.78, 5) is 39.5. The highest BCUT2D eigenvalue weighted by Crippen LogP contribution is 2.28. The van der Waals surface area contributed by atoms with Crippen molar-refractivity contribution >= 4 is 23.7 Å². The first-order chi connectivity index (χ1) is 13.8. The number of aromatic nitrogens is 3. The van der Waals surface area contributed by atoms with Crippen LogP contribution >= 0.6 is 0 Å². The number of pyridine rings is 1. The lowest BCUT2D eigenvalue weighted by Crippen LogP contribution is -2.53. The van der Waals surface area contributed by atoms with Gasteiger partial charge in [0.05, 0.1) is 12.1 Å². The number of carbonyl (C=O) groups excluding carboxylic acids is 2. The minimum atomic E-state index is -4.50. The number of piperazine rings is 1. The van der Waals surface area contributed by atoms with Crippen LogP contribution in [0.4, 0.5) is 29.7 Å². The standard InChI is InChI=1S/C17H18F3N7O2/c18-17(19,20)12-2-3-13(23-10-12)25-14(28)11-24-16(29)27-8-6-26(7-9-27)15-21-4-1-5-22-15/h1-5,10H,6-9,11H2,(H,24,29)(H,23,25,28). The van der Waals surface area contributed by atoms with E-state index in [4.69, 9.17) is 0 Å². The van der Waals surface area contributed by atoms with Crippen LogP contribution in [0.2, 0.25) is 0 Å². The van der Waals surface area contributed by atoms with Gasteiger partial charge in [0.15, 0.2) is 0 Å². The molecule has 154 valence electrons. The first-order valence-electron chi connectivity index (χ1n) is 8.71. The number of anilines is 2. The van der Waals surface area contributed by atoms with Crippen LogP contribution in [0.5, 0.6) is 0 Å². The van der Waals surface area contributed by atoms with Gasteiger partial charge < -0.3 is 20.4 Å². The van der Waals surface area contributed by atoms with Crippen LogP contribution in [0.3, 0.4) is 0 Å². The van der Waals surface area contributed by atoms with E-state index in [1.54, 1.807) is 23.4 Å². The molecule has 1 saturated heterocycles. The maximum Gasteiger partial charge on any atom is 0.417 e. The molecule has 2 aromatic heterocycles. The van der Waals surface area contributed by atoms with Crippen LogP contribution in [-0.2, 0) is 11.0 Å². The number of carbonyl (C=O) groups is 2. The summed E-state index contributed by atoms with van der Waals surface area (Å²) in [5.41, 5.74) is -0.913. The van der Waals surface area contributed by atoms with Gasteiger partial charge in [0, 0.05) is 44.8 Å². The van der Waals surface area contributed by atoms with E-state index in [0.29, 0.717) is 38.3 Å². The maximum absolute atomic E-state index is 12.5. The van der Waals surface area contributed by atoms with E-state index in [1.807, 2.05) is 4.90 Å². The highest BCUT2D eigenvalue weighted by Gasteiger charge is 2.30. The third-order valence-electron chi connectivity index (χ3n) is 4.16. The molecule has 3 rings (SSSR count). The number of rotatable bonds is 4. The molecule has 0 atom stereocenters. The third kappa shape index (κ3) is 5.53. The Morgan fingerprint density at radius 2 is 1.72 bits per heavy atom. The molecule has 29 heavy (non-hydrogen) atoms. The number of hydrogen-bond acceptors (Lipinski definition) is 6. The molecule has 0 spiro atoms. The molecule has 0 bridgehead atoms. The Hall–Kier alpha value is -3.44. The number of halogens is 3. The maximum atomic E-state index is 12.5. The van der Waals surface area contributed by atoms with Gasteiger partial charge in [0.1, 0.15) is 5.82 Å². The van der Waals surface area contributed by atoms with Crippen molar-refractivity contribution in [3.63, 3.8) is 0 Å². The van der Waals surface area contributed by atoms with Gasteiger partial charge in [-0.2, -0.15) is 13.2 Å². The predicted octanol–water partition coefficient (Wildman–Crippen LogP) is 1.36. The van der Waals surface area contributed by atoms with Crippen molar-refractivity contribution in [2.45, 2.75) is 6.18 Å². The topological polar surface area (TPSA) is 103 Å². The summed E-state index contributed by atoms with van der Waals surface area (Å²) in [7, 11) is 0. The fourth-order valence-electron chi connectivity index (χ4n) is 2.65.